The fraction of sp³-hybridized carbons (Fsp3) is 0.643. The highest BCUT2D eigenvalue weighted by Crippen LogP contribution is 2.27. The summed E-state index contributed by atoms with van der Waals surface area (Å²) in [7, 11) is 0. The largest absolute Gasteiger partial charge is 0.494 e. The van der Waals surface area contributed by atoms with Gasteiger partial charge in [0.2, 0.25) is 6.03 Å². The molecule has 212 valence electrons. The zero-order chi connectivity index (χ0) is 28.5. The number of piperidine rings is 1. The summed E-state index contributed by atoms with van der Waals surface area (Å²) >= 11 is 0. The monoisotopic (exact) mass is 531 g/mol. The molecule has 10 heteroatoms. The molecule has 0 saturated carbocycles. The normalized spacial score (nSPS) is 15.9. The van der Waals surface area contributed by atoms with Crippen LogP contribution in [0, 0.1) is 17.8 Å². The molecule has 0 radical (unpaired) electrons. The summed E-state index contributed by atoms with van der Waals surface area (Å²) in [5.74, 6) is 0.373. The van der Waals surface area contributed by atoms with Gasteiger partial charge < -0.3 is 35.5 Å². The van der Waals surface area contributed by atoms with Gasteiger partial charge in [0, 0.05) is 19.5 Å². The minimum Gasteiger partial charge on any atom is -0.494 e. The SMILES string of the molecule is CC(C)C(=[N-])NC(=O)N1CCC([C@H](C)CCOc2ccc(CC(NC(=O)OC(C)(C)C)C(=O)O)cc2)CC1. The van der Waals surface area contributed by atoms with Crippen molar-refractivity contribution in [2.45, 2.75) is 78.9 Å². The Bertz CT molecular complexity index is 949. The fourth-order valence-corrected chi connectivity index (χ4v) is 4.21. The van der Waals surface area contributed by atoms with Crippen LogP contribution in [0.25, 0.3) is 5.41 Å². The highest BCUT2D eigenvalue weighted by atomic mass is 16.6. The first-order valence-electron chi connectivity index (χ1n) is 13.3. The average Bonchev–Trinajstić information content (AvgIpc) is 2.83. The van der Waals surface area contributed by atoms with Crippen molar-refractivity contribution in [3.8, 4) is 5.75 Å². The van der Waals surface area contributed by atoms with E-state index in [0.29, 0.717) is 37.3 Å². The summed E-state index contributed by atoms with van der Waals surface area (Å²) in [6.07, 6.45) is 2.05. The number of aliphatic carboxylic acids is 1. The number of likely N-dealkylation sites (tertiary alicyclic amines) is 1. The van der Waals surface area contributed by atoms with Gasteiger partial charge in [-0.2, -0.15) is 0 Å². The Hall–Kier alpha value is -3.30. The molecule has 10 nitrogen and oxygen atoms in total. The van der Waals surface area contributed by atoms with Gasteiger partial charge in [0.1, 0.15) is 17.4 Å². The molecule has 2 atom stereocenters. The topological polar surface area (TPSA) is 140 Å². The molecule has 1 aromatic carbocycles. The number of rotatable bonds is 10. The summed E-state index contributed by atoms with van der Waals surface area (Å²) in [5.41, 5.74) is 0.0401. The predicted molar refractivity (Wildman–Crippen MR) is 146 cm³/mol. The number of carbonyl (C=O) groups excluding carboxylic acids is 2. The Balaban J connectivity index is 1.75. The van der Waals surface area contributed by atoms with Gasteiger partial charge in [-0.1, -0.05) is 38.7 Å². The number of nitrogens with one attached hydrogen (secondary N) is 2. The molecule has 1 heterocycles. The van der Waals surface area contributed by atoms with Crippen molar-refractivity contribution in [2.24, 2.45) is 17.8 Å². The van der Waals surface area contributed by atoms with Crippen LogP contribution < -0.4 is 15.4 Å². The van der Waals surface area contributed by atoms with Gasteiger partial charge in [-0.05, 0) is 75.5 Å². The van der Waals surface area contributed by atoms with E-state index in [2.05, 4.69) is 17.6 Å². The molecule has 38 heavy (non-hydrogen) atoms. The Morgan fingerprint density at radius 2 is 1.71 bits per heavy atom. The molecule has 0 spiro atoms. The molecule has 1 fully saturated rings. The van der Waals surface area contributed by atoms with E-state index in [4.69, 9.17) is 9.47 Å². The number of alkyl carbamates (subject to hydrolysis) is 1. The molecule has 0 bridgehead atoms. The molecule has 1 aliphatic heterocycles. The number of hydrogen-bond donors (Lipinski definition) is 3. The van der Waals surface area contributed by atoms with Crippen molar-refractivity contribution >= 4 is 23.9 Å². The average molecular weight is 532 g/mol. The number of amidine groups is 1. The molecule has 0 aliphatic carbocycles. The van der Waals surface area contributed by atoms with E-state index in [1.165, 1.54) is 0 Å². The maximum atomic E-state index is 12.3. The first kappa shape index (κ1) is 30.9. The lowest BCUT2D eigenvalue weighted by molar-refractivity contribution is -0.139. The van der Waals surface area contributed by atoms with E-state index in [1.54, 1.807) is 49.9 Å². The van der Waals surface area contributed by atoms with Gasteiger partial charge in [0.05, 0.1) is 6.61 Å². The van der Waals surface area contributed by atoms with Crippen LogP contribution in [0.4, 0.5) is 9.59 Å². The van der Waals surface area contributed by atoms with Crippen molar-refractivity contribution in [3.63, 3.8) is 0 Å². The summed E-state index contributed by atoms with van der Waals surface area (Å²) in [6, 6.07) is 5.83. The lowest BCUT2D eigenvalue weighted by atomic mass is 9.84. The van der Waals surface area contributed by atoms with Gasteiger partial charge in [0.25, 0.3) is 0 Å². The first-order valence-corrected chi connectivity index (χ1v) is 13.3. The number of ether oxygens (including phenoxy) is 2. The lowest BCUT2D eigenvalue weighted by Gasteiger charge is -2.37. The maximum absolute atomic E-state index is 12.3. The number of urea groups is 1. The third-order valence-electron chi connectivity index (χ3n) is 6.61. The Labute approximate surface area is 226 Å². The van der Waals surface area contributed by atoms with Gasteiger partial charge >= 0.3 is 12.1 Å². The van der Waals surface area contributed by atoms with E-state index >= 15 is 0 Å². The van der Waals surface area contributed by atoms with Gasteiger partial charge in [-0.25, -0.2) is 9.59 Å². The minimum absolute atomic E-state index is 0.00478. The van der Waals surface area contributed by atoms with Crippen molar-refractivity contribution in [1.29, 1.82) is 0 Å². The number of amides is 3. The van der Waals surface area contributed by atoms with Gasteiger partial charge in [0.15, 0.2) is 0 Å². The lowest BCUT2D eigenvalue weighted by Crippen LogP contribution is -2.47. The molecule has 3 amide bonds. The second kappa shape index (κ2) is 14.0. The van der Waals surface area contributed by atoms with Crippen molar-refractivity contribution in [3.05, 3.63) is 35.2 Å². The van der Waals surface area contributed by atoms with E-state index < -0.39 is 23.7 Å². The summed E-state index contributed by atoms with van der Waals surface area (Å²) < 4.78 is 11.1. The van der Waals surface area contributed by atoms with Crippen LogP contribution in [0.3, 0.4) is 0 Å². The second-order valence-electron chi connectivity index (χ2n) is 11.3. The second-order valence-corrected chi connectivity index (χ2v) is 11.3. The van der Waals surface area contributed by atoms with E-state index in [9.17, 15) is 24.9 Å². The maximum Gasteiger partial charge on any atom is 0.408 e. The van der Waals surface area contributed by atoms with E-state index in [0.717, 1.165) is 24.8 Å². The number of carboxylic acids is 1. The van der Waals surface area contributed by atoms with Gasteiger partial charge in [-0.3, -0.25) is 4.79 Å². The Kier molecular flexibility index (Phi) is 11.4. The number of nitrogens with zero attached hydrogens (tertiary/aromatic N) is 2. The van der Waals surface area contributed by atoms with Crippen LogP contribution in [0.2, 0.25) is 0 Å². The predicted octanol–water partition coefficient (Wildman–Crippen LogP) is 4.66. The van der Waals surface area contributed by atoms with Crippen LogP contribution in [0.1, 0.15) is 66.4 Å². The quantitative estimate of drug-likeness (QED) is 0.296. The smallest absolute Gasteiger partial charge is 0.408 e. The molecular weight excluding hydrogens is 488 g/mol. The highest BCUT2D eigenvalue weighted by Gasteiger charge is 2.26. The summed E-state index contributed by atoms with van der Waals surface area (Å²) in [4.78, 5) is 37.6. The number of benzene rings is 1. The van der Waals surface area contributed by atoms with Crippen LogP contribution in [-0.4, -0.2) is 65.3 Å². The van der Waals surface area contributed by atoms with E-state index in [1.807, 2.05) is 13.8 Å². The van der Waals surface area contributed by atoms with Crippen molar-refractivity contribution < 1.29 is 29.0 Å². The van der Waals surface area contributed by atoms with Crippen LogP contribution in [0.5, 0.6) is 5.75 Å². The third kappa shape index (κ3) is 10.6. The molecule has 1 aromatic rings. The summed E-state index contributed by atoms with van der Waals surface area (Å²) in [5, 5.41) is 24.3. The molecule has 1 aliphatic rings. The first-order chi connectivity index (χ1) is 17.7. The third-order valence-corrected chi connectivity index (χ3v) is 6.61. The Morgan fingerprint density at radius 3 is 2.24 bits per heavy atom. The van der Waals surface area contributed by atoms with Crippen molar-refractivity contribution in [1.82, 2.24) is 15.5 Å². The van der Waals surface area contributed by atoms with Gasteiger partial charge in [-0.15, -0.1) is 0 Å². The Morgan fingerprint density at radius 1 is 1.11 bits per heavy atom. The number of carbonyl (C=O) groups is 3. The number of hydrogen-bond acceptors (Lipinski definition) is 5. The highest BCUT2D eigenvalue weighted by molar-refractivity contribution is 6.00. The van der Waals surface area contributed by atoms with Crippen LogP contribution in [0.15, 0.2) is 24.3 Å². The molecule has 1 unspecified atom stereocenters. The minimum atomic E-state index is -1.14. The molecule has 0 aromatic heterocycles. The molecular formula is C28H43N4O6-. The van der Waals surface area contributed by atoms with Crippen LogP contribution in [-0.2, 0) is 16.0 Å². The standard InChI is InChI=1S/C28H43N4O6/c1-18(2)24(29)31-26(35)32-14-11-21(12-15-32)19(3)13-16-37-22-9-7-20(8-10-22)17-23(25(33)34)30-27(36)38-28(4,5)6/h7-10,18-19,21,23H,11-17H2,1-6H3,(H3-,29,30,31,33,34,35,36)/q-1/t19-,23?/m1/s1. The zero-order valence-electron chi connectivity index (χ0n) is 23.5. The molecule has 2 rings (SSSR count). The fourth-order valence-electron chi connectivity index (χ4n) is 4.21. The summed E-state index contributed by atoms with van der Waals surface area (Å²) in [6.45, 7) is 12.9. The number of carboxylic acid groups (broad SMARTS) is 1. The van der Waals surface area contributed by atoms with Crippen molar-refractivity contribution in [2.75, 3.05) is 19.7 Å². The molecule has 1 saturated heterocycles. The molecule has 3 N–H and O–H groups in total. The zero-order valence-corrected chi connectivity index (χ0v) is 23.5. The van der Waals surface area contributed by atoms with Crippen LogP contribution >= 0.6 is 0 Å². The van der Waals surface area contributed by atoms with E-state index in [-0.39, 0.29) is 24.2 Å².